The highest BCUT2D eigenvalue weighted by Crippen LogP contribution is 2.47. The van der Waals surface area contributed by atoms with E-state index in [0.717, 1.165) is 0 Å². The first-order valence-electron chi connectivity index (χ1n) is 9.31. The van der Waals surface area contributed by atoms with Gasteiger partial charge in [-0.15, -0.1) is 0 Å². The van der Waals surface area contributed by atoms with Crippen molar-refractivity contribution in [2.24, 2.45) is 10.8 Å². The van der Waals surface area contributed by atoms with Crippen molar-refractivity contribution >= 4 is 11.6 Å². The first-order valence-corrected chi connectivity index (χ1v) is 9.31. The zero-order chi connectivity index (χ0) is 20.0. The van der Waals surface area contributed by atoms with Crippen molar-refractivity contribution in [3.05, 3.63) is 52.8 Å². The lowest BCUT2D eigenvalue weighted by Gasteiger charge is -2.36. The Balaban J connectivity index is 2.20. The molecule has 0 fully saturated rings. The Bertz CT molecular complexity index is 794. The van der Waals surface area contributed by atoms with Gasteiger partial charge in [0.2, 0.25) is 0 Å². The van der Waals surface area contributed by atoms with Crippen molar-refractivity contribution in [2.75, 3.05) is 0 Å². The van der Waals surface area contributed by atoms with Gasteiger partial charge in [-0.05, 0) is 28.5 Å². The minimum atomic E-state index is -0.764. The zero-order valence-electron chi connectivity index (χ0n) is 16.4. The van der Waals surface area contributed by atoms with Crippen molar-refractivity contribution in [2.45, 2.75) is 59.3 Å². The number of aliphatic hydroxyl groups is 2. The second-order valence-corrected chi connectivity index (χ2v) is 9.32. The molecule has 0 radical (unpaired) electrons. The lowest BCUT2D eigenvalue weighted by Crippen LogP contribution is -2.33. The van der Waals surface area contributed by atoms with Crippen LogP contribution in [0.1, 0.15) is 64.9 Å². The number of ketones is 2. The second kappa shape index (κ2) is 6.63. The van der Waals surface area contributed by atoms with Crippen LogP contribution in [0.2, 0.25) is 0 Å². The molecule has 0 amide bonds. The SMILES string of the molecule is CC1(C)CC(=O)C(C(C2=C(O)CC(C)(C)CC2=O)c2ccncc2)=C(O)C1. The topological polar surface area (TPSA) is 87.5 Å². The number of allylic oxidation sites excluding steroid dienone is 4. The van der Waals surface area contributed by atoms with E-state index in [-0.39, 0.29) is 45.1 Å². The van der Waals surface area contributed by atoms with Gasteiger partial charge in [0, 0.05) is 55.1 Å². The van der Waals surface area contributed by atoms with E-state index < -0.39 is 5.92 Å². The fourth-order valence-corrected chi connectivity index (χ4v) is 4.29. The Hall–Kier alpha value is -2.43. The summed E-state index contributed by atoms with van der Waals surface area (Å²) in [7, 11) is 0. The summed E-state index contributed by atoms with van der Waals surface area (Å²) in [6.07, 6.45) is 4.49. The number of aliphatic hydroxyl groups excluding tert-OH is 2. The Morgan fingerprint density at radius 2 is 1.22 bits per heavy atom. The summed E-state index contributed by atoms with van der Waals surface area (Å²) in [6, 6.07) is 3.45. The summed E-state index contributed by atoms with van der Waals surface area (Å²) in [5.74, 6) is -1.10. The minimum Gasteiger partial charge on any atom is -0.512 e. The number of hydrogen-bond donors (Lipinski definition) is 2. The molecule has 0 atom stereocenters. The molecule has 0 unspecified atom stereocenters. The molecule has 0 saturated heterocycles. The van der Waals surface area contributed by atoms with E-state index in [1.54, 1.807) is 24.5 Å². The van der Waals surface area contributed by atoms with Gasteiger partial charge >= 0.3 is 0 Å². The molecule has 1 aromatic heterocycles. The Kier molecular flexibility index (Phi) is 4.74. The van der Waals surface area contributed by atoms with Gasteiger partial charge in [0.25, 0.3) is 0 Å². The van der Waals surface area contributed by atoms with Gasteiger partial charge in [-0.2, -0.15) is 0 Å². The molecule has 0 bridgehead atoms. The van der Waals surface area contributed by atoms with E-state index in [1.807, 2.05) is 27.7 Å². The van der Waals surface area contributed by atoms with Crippen LogP contribution in [-0.2, 0) is 9.59 Å². The standard InChI is InChI=1S/C22H27NO4/c1-21(2)9-14(24)19(15(25)10-21)18(13-5-7-23-8-6-13)20-16(26)11-22(3,4)12-17(20)27/h5-8,18,24,26H,9-12H2,1-4H3. The van der Waals surface area contributed by atoms with Gasteiger partial charge in [-0.1, -0.05) is 27.7 Å². The maximum Gasteiger partial charge on any atom is 0.163 e. The third-order valence-electron chi connectivity index (χ3n) is 5.41. The molecule has 5 nitrogen and oxygen atoms in total. The van der Waals surface area contributed by atoms with Gasteiger partial charge < -0.3 is 10.2 Å². The van der Waals surface area contributed by atoms with E-state index in [2.05, 4.69) is 4.98 Å². The van der Waals surface area contributed by atoms with E-state index in [9.17, 15) is 19.8 Å². The van der Waals surface area contributed by atoms with Crippen LogP contribution in [0.15, 0.2) is 47.2 Å². The Morgan fingerprint density at radius 3 is 1.59 bits per heavy atom. The highest BCUT2D eigenvalue weighted by Gasteiger charge is 2.43. The van der Waals surface area contributed by atoms with E-state index in [4.69, 9.17) is 0 Å². The molecule has 0 spiro atoms. The quantitative estimate of drug-likeness (QED) is 0.815. The normalized spacial score (nSPS) is 22.6. The van der Waals surface area contributed by atoms with Crippen LogP contribution in [0.5, 0.6) is 0 Å². The van der Waals surface area contributed by atoms with Crippen LogP contribution in [0.4, 0.5) is 0 Å². The first kappa shape index (κ1) is 19.3. The number of pyridine rings is 1. The maximum absolute atomic E-state index is 13.0. The highest BCUT2D eigenvalue weighted by atomic mass is 16.3. The predicted molar refractivity (Wildman–Crippen MR) is 102 cm³/mol. The summed E-state index contributed by atoms with van der Waals surface area (Å²) in [5, 5.41) is 21.5. The van der Waals surface area contributed by atoms with Gasteiger partial charge in [-0.25, -0.2) is 0 Å². The van der Waals surface area contributed by atoms with E-state index in [0.29, 0.717) is 31.2 Å². The predicted octanol–water partition coefficient (Wildman–Crippen LogP) is 4.57. The molecule has 0 aromatic carbocycles. The fourth-order valence-electron chi connectivity index (χ4n) is 4.29. The minimum absolute atomic E-state index is 0.0102. The second-order valence-electron chi connectivity index (χ2n) is 9.32. The van der Waals surface area contributed by atoms with Crippen LogP contribution in [0.25, 0.3) is 0 Å². The molecule has 5 heteroatoms. The number of hydrogen-bond acceptors (Lipinski definition) is 5. The zero-order valence-corrected chi connectivity index (χ0v) is 16.4. The van der Waals surface area contributed by atoms with Gasteiger partial charge in [0.15, 0.2) is 11.6 Å². The van der Waals surface area contributed by atoms with Crippen LogP contribution < -0.4 is 0 Å². The Labute approximate surface area is 159 Å². The highest BCUT2D eigenvalue weighted by molar-refractivity contribution is 6.05. The molecule has 2 aliphatic rings. The molecular weight excluding hydrogens is 342 g/mol. The van der Waals surface area contributed by atoms with Crippen LogP contribution >= 0.6 is 0 Å². The largest absolute Gasteiger partial charge is 0.512 e. The molecular formula is C22H27NO4. The van der Waals surface area contributed by atoms with Crippen molar-refractivity contribution in [1.82, 2.24) is 4.98 Å². The summed E-state index contributed by atoms with van der Waals surface area (Å²) < 4.78 is 0. The van der Waals surface area contributed by atoms with Gasteiger partial charge in [-0.3, -0.25) is 14.6 Å². The lowest BCUT2D eigenvalue weighted by atomic mass is 9.67. The monoisotopic (exact) mass is 369 g/mol. The van der Waals surface area contributed by atoms with E-state index in [1.165, 1.54) is 0 Å². The van der Waals surface area contributed by atoms with Crippen molar-refractivity contribution in [1.29, 1.82) is 0 Å². The Morgan fingerprint density at radius 1 is 0.815 bits per heavy atom. The number of aromatic nitrogens is 1. The number of nitrogens with zero attached hydrogens (tertiary/aromatic N) is 1. The molecule has 144 valence electrons. The molecule has 1 aromatic rings. The summed E-state index contributed by atoms with van der Waals surface area (Å²) in [6.45, 7) is 7.74. The van der Waals surface area contributed by atoms with Crippen molar-refractivity contribution in [3.63, 3.8) is 0 Å². The third kappa shape index (κ3) is 3.82. The summed E-state index contributed by atoms with van der Waals surface area (Å²) >= 11 is 0. The molecule has 0 aliphatic heterocycles. The maximum atomic E-state index is 13.0. The number of carbonyl (C=O) groups is 2. The third-order valence-corrected chi connectivity index (χ3v) is 5.41. The molecule has 3 rings (SSSR count). The first-order chi connectivity index (χ1) is 12.5. The average molecular weight is 369 g/mol. The smallest absolute Gasteiger partial charge is 0.163 e. The molecule has 0 saturated carbocycles. The van der Waals surface area contributed by atoms with Gasteiger partial charge in [0.1, 0.15) is 11.5 Å². The van der Waals surface area contributed by atoms with Crippen molar-refractivity contribution < 1.29 is 19.8 Å². The molecule has 2 N–H and O–H groups in total. The van der Waals surface area contributed by atoms with E-state index >= 15 is 0 Å². The van der Waals surface area contributed by atoms with Crippen molar-refractivity contribution in [3.8, 4) is 0 Å². The number of Topliss-reactive ketones (excluding diaryl/α,β-unsaturated/α-hetero) is 2. The number of rotatable bonds is 3. The number of carbonyl (C=O) groups excluding carboxylic acids is 2. The fraction of sp³-hybridized carbons (Fsp3) is 0.500. The lowest BCUT2D eigenvalue weighted by molar-refractivity contribution is -0.119. The summed E-state index contributed by atoms with van der Waals surface area (Å²) in [5.41, 5.74) is 0.477. The van der Waals surface area contributed by atoms with Crippen LogP contribution in [0, 0.1) is 10.8 Å². The average Bonchev–Trinajstić information content (AvgIpc) is 2.50. The molecule has 27 heavy (non-hydrogen) atoms. The van der Waals surface area contributed by atoms with Gasteiger partial charge in [0.05, 0.1) is 0 Å². The summed E-state index contributed by atoms with van der Waals surface area (Å²) in [4.78, 5) is 30.0. The molecule has 1 heterocycles. The van der Waals surface area contributed by atoms with Crippen LogP contribution in [-0.4, -0.2) is 26.8 Å². The molecule has 2 aliphatic carbocycles. The van der Waals surface area contributed by atoms with Crippen LogP contribution in [0.3, 0.4) is 0 Å².